The predicted molar refractivity (Wildman–Crippen MR) is 73.0 cm³/mol. The van der Waals surface area contributed by atoms with Crippen LogP contribution < -0.4 is 11.1 Å². The van der Waals surface area contributed by atoms with Crippen molar-refractivity contribution < 1.29 is 19.4 Å². The molecule has 0 aromatic carbocycles. The van der Waals surface area contributed by atoms with Gasteiger partial charge in [0.1, 0.15) is 6.04 Å². The molecule has 114 valence electrons. The van der Waals surface area contributed by atoms with Crippen LogP contribution in [0.3, 0.4) is 0 Å². The fourth-order valence-electron chi connectivity index (χ4n) is 3.68. The quantitative estimate of drug-likeness (QED) is 0.586. The summed E-state index contributed by atoms with van der Waals surface area (Å²) >= 11 is 0. The first-order chi connectivity index (χ1) is 9.54. The van der Waals surface area contributed by atoms with Gasteiger partial charge in [-0.05, 0) is 43.9 Å². The summed E-state index contributed by atoms with van der Waals surface area (Å²) in [5, 5.41) is 11.8. The molecule has 0 aromatic heterocycles. The summed E-state index contributed by atoms with van der Waals surface area (Å²) in [7, 11) is 1.57. The normalized spacial score (nSPS) is 33.1. The molecule has 0 spiro atoms. The third-order valence-electron chi connectivity index (χ3n) is 4.74. The average Bonchev–Trinajstić information content (AvgIpc) is 2.98. The summed E-state index contributed by atoms with van der Waals surface area (Å²) in [6.45, 7) is 0.493. The second kappa shape index (κ2) is 6.54. The summed E-state index contributed by atoms with van der Waals surface area (Å²) in [5.41, 5.74) is 6.11. The second-order valence-electron chi connectivity index (χ2n) is 5.97. The highest BCUT2D eigenvalue weighted by atomic mass is 16.5. The van der Waals surface area contributed by atoms with E-state index in [1.54, 1.807) is 7.11 Å². The lowest BCUT2D eigenvalue weighted by Crippen LogP contribution is -2.50. The molecule has 0 aliphatic heterocycles. The molecular formula is C14H24N2O4. The van der Waals surface area contributed by atoms with Gasteiger partial charge in [-0.2, -0.15) is 0 Å². The zero-order chi connectivity index (χ0) is 14.7. The van der Waals surface area contributed by atoms with Gasteiger partial charge >= 0.3 is 5.97 Å². The number of nitrogens with two attached hydrogens (primary N) is 1. The van der Waals surface area contributed by atoms with E-state index < -0.39 is 12.0 Å². The number of fused-ring (bicyclic) bond motifs is 2. The average molecular weight is 284 g/mol. The van der Waals surface area contributed by atoms with Gasteiger partial charge in [0.05, 0.1) is 5.92 Å². The van der Waals surface area contributed by atoms with E-state index in [9.17, 15) is 14.7 Å². The lowest BCUT2D eigenvalue weighted by atomic mass is 9.84. The first-order valence-corrected chi connectivity index (χ1v) is 7.32. The Morgan fingerprint density at radius 3 is 2.65 bits per heavy atom. The van der Waals surface area contributed by atoms with E-state index in [1.807, 2.05) is 0 Å². The molecule has 0 radical (unpaired) electrons. The smallest absolute Gasteiger partial charge is 0.326 e. The Morgan fingerprint density at radius 2 is 2.10 bits per heavy atom. The molecule has 2 aliphatic rings. The molecular weight excluding hydrogens is 260 g/mol. The molecule has 2 bridgehead atoms. The molecule has 0 aromatic rings. The molecule has 5 atom stereocenters. The molecule has 0 heterocycles. The molecule has 6 heteroatoms. The van der Waals surface area contributed by atoms with Crippen molar-refractivity contribution in [2.24, 2.45) is 23.5 Å². The molecule has 1 amide bonds. The number of carbonyl (C=O) groups is 2. The number of hydrogen-bond donors (Lipinski definition) is 3. The van der Waals surface area contributed by atoms with Crippen LogP contribution in [0, 0.1) is 17.8 Å². The standard InChI is InChI=1S/C14H24N2O4/c1-20-6-2-3-10(14(18)19)16-13(17)11-8-4-5-9(7-8)12(11)15/h8-12H,2-7,15H2,1H3,(H,16,17)(H,18,19). The number of carbonyl (C=O) groups excluding carboxylic acids is 1. The van der Waals surface area contributed by atoms with Crippen molar-refractivity contribution in [1.82, 2.24) is 5.32 Å². The maximum absolute atomic E-state index is 12.3. The second-order valence-corrected chi connectivity index (χ2v) is 5.97. The minimum atomic E-state index is -0.994. The van der Waals surface area contributed by atoms with E-state index in [0.29, 0.717) is 31.3 Å². The maximum Gasteiger partial charge on any atom is 0.326 e. The molecule has 0 saturated heterocycles. The van der Waals surface area contributed by atoms with Crippen molar-refractivity contribution in [2.75, 3.05) is 13.7 Å². The van der Waals surface area contributed by atoms with E-state index in [1.165, 1.54) is 0 Å². The Kier molecular flexibility index (Phi) is 4.99. The molecule has 4 N–H and O–H groups in total. The number of methoxy groups -OCH3 is 1. The fourth-order valence-corrected chi connectivity index (χ4v) is 3.68. The van der Waals surface area contributed by atoms with E-state index in [4.69, 9.17) is 10.5 Å². The van der Waals surface area contributed by atoms with Gasteiger partial charge in [0.25, 0.3) is 0 Å². The third-order valence-corrected chi connectivity index (χ3v) is 4.74. The SMILES string of the molecule is COCCCC(NC(=O)C1C2CCC(C2)C1N)C(=O)O. The van der Waals surface area contributed by atoms with Crippen molar-refractivity contribution in [2.45, 2.75) is 44.2 Å². The number of carboxylic acid groups (broad SMARTS) is 1. The molecule has 6 nitrogen and oxygen atoms in total. The molecule has 2 rings (SSSR count). The van der Waals surface area contributed by atoms with Gasteiger partial charge < -0.3 is 20.9 Å². The van der Waals surface area contributed by atoms with Gasteiger partial charge in [-0.3, -0.25) is 4.79 Å². The van der Waals surface area contributed by atoms with Crippen LogP contribution in [-0.4, -0.2) is 42.8 Å². The molecule has 2 fully saturated rings. The summed E-state index contributed by atoms with van der Waals surface area (Å²) < 4.78 is 4.91. The fraction of sp³-hybridized carbons (Fsp3) is 0.857. The third kappa shape index (κ3) is 3.12. The monoisotopic (exact) mass is 284 g/mol. The topological polar surface area (TPSA) is 102 Å². The van der Waals surface area contributed by atoms with Gasteiger partial charge in [-0.15, -0.1) is 0 Å². The summed E-state index contributed by atoms with van der Waals surface area (Å²) in [6, 6.07) is -0.953. The lowest BCUT2D eigenvalue weighted by Gasteiger charge is -2.28. The number of carboxylic acids is 1. The van der Waals surface area contributed by atoms with Crippen molar-refractivity contribution in [3.05, 3.63) is 0 Å². The Hall–Kier alpha value is -1.14. The van der Waals surface area contributed by atoms with Crippen molar-refractivity contribution in [1.29, 1.82) is 0 Å². The minimum Gasteiger partial charge on any atom is -0.480 e. The highest BCUT2D eigenvalue weighted by Gasteiger charge is 2.49. The number of hydrogen-bond acceptors (Lipinski definition) is 4. The number of rotatable bonds is 7. The van der Waals surface area contributed by atoms with Crippen LogP contribution in [0.25, 0.3) is 0 Å². The largest absolute Gasteiger partial charge is 0.480 e. The Balaban J connectivity index is 1.89. The number of amides is 1. The van der Waals surface area contributed by atoms with Gasteiger partial charge in [-0.1, -0.05) is 0 Å². The molecule has 2 aliphatic carbocycles. The molecule has 2 saturated carbocycles. The summed E-state index contributed by atoms with van der Waals surface area (Å²) in [5.74, 6) is -0.616. The van der Waals surface area contributed by atoms with Crippen LogP contribution in [0.15, 0.2) is 0 Å². The minimum absolute atomic E-state index is 0.109. The van der Waals surface area contributed by atoms with Gasteiger partial charge in [0.15, 0.2) is 0 Å². The summed E-state index contributed by atoms with van der Waals surface area (Å²) in [4.78, 5) is 23.5. The van der Waals surface area contributed by atoms with Crippen LogP contribution >= 0.6 is 0 Å². The van der Waals surface area contributed by atoms with Gasteiger partial charge in [0, 0.05) is 19.8 Å². The molecule has 5 unspecified atom stereocenters. The first kappa shape index (κ1) is 15.3. The highest BCUT2D eigenvalue weighted by molar-refractivity contribution is 5.86. The van der Waals surface area contributed by atoms with Crippen LogP contribution in [0.5, 0.6) is 0 Å². The van der Waals surface area contributed by atoms with Crippen molar-refractivity contribution in [3.8, 4) is 0 Å². The predicted octanol–water partition coefficient (Wildman–Crippen LogP) is 0.356. The van der Waals surface area contributed by atoms with Crippen LogP contribution in [-0.2, 0) is 14.3 Å². The Bertz CT molecular complexity index is 372. The number of ether oxygens (including phenoxy) is 1. The van der Waals surface area contributed by atoms with Crippen LogP contribution in [0.1, 0.15) is 32.1 Å². The number of aliphatic carboxylic acids is 1. The van der Waals surface area contributed by atoms with Crippen molar-refractivity contribution >= 4 is 11.9 Å². The van der Waals surface area contributed by atoms with E-state index >= 15 is 0 Å². The number of nitrogens with one attached hydrogen (secondary N) is 1. The zero-order valence-corrected chi connectivity index (χ0v) is 11.9. The van der Waals surface area contributed by atoms with Crippen molar-refractivity contribution in [3.63, 3.8) is 0 Å². The summed E-state index contributed by atoms with van der Waals surface area (Å²) in [6.07, 6.45) is 4.14. The highest BCUT2D eigenvalue weighted by Crippen LogP contribution is 2.47. The van der Waals surface area contributed by atoms with Crippen LogP contribution in [0.2, 0.25) is 0 Å². The lowest BCUT2D eigenvalue weighted by molar-refractivity contribution is -0.143. The van der Waals surface area contributed by atoms with E-state index in [2.05, 4.69) is 5.32 Å². The zero-order valence-electron chi connectivity index (χ0n) is 11.9. The van der Waals surface area contributed by atoms with Crippen LogP contribution in [0.4, 0.5) is 0 Å². The van der Waals surface area contributed by atoms with E-state index in [-0.39, 0.29) is 17.9 Å². The maximum atomic E-state index is 12.3. The van der Waals surface area contributed by atoms with E-state index in [0.717, 1.165) is 19.3 Å². The van der Waals surface area contributed by atoms with Gasteiger partial charge in [-0.25, -0.2) is 4.79 Å². The Morgan fingerprint density at radius 1 is 1.40 bits per heavy atom. The van der Waals surface area contributed by atoms with Gasteiger partial charge in [0.2, 0.25) is 5.91 Å². The molecule has 20 heavy (non-hydrogen) atoms. The first-order valence-electron chi connectivity index (χ1n) is 7.32. The Labute approximate surface area is 119 Å².